The van der Waals surface area contributed by atoms with Crippen LogP contribution in [-0.2, 0) is 11.3 Å². The fourth-order valence-electron chi connectivity index (χ4n) is 2.72. The molecule has 1 fully saturated rings. The van der Waals surface area contributed by atoms with Gasteiger partial charge in [-0.3, -0.25) is 14.5 Å². The zero-order chi connectivity index (χ0) is 16.1. The van der Waals surface area contributed by atoms with Crippen LogP contribution in [-0.4, -0.2) is 40.8 Å². The van der Waals surface area contributed by atoms with E-state index in [1.807, 2.05) is 6.92 Å². The molecular weight excluding hydrogens is 300 g/mol. The molecular formula is C15H24N4O2S. The third-order valence-corrected chi connectivity index (χ3v) is 5.22. The SMILES string of the molecule is Cc1nc(CNC(=O)C(C)N2CCCCCC2)sc1C(N)=O. The van der Waals surface area contributed by atoms with Crippen LogP contribution in [0, 0.1) is 6.92 Å². The van der Waals surface area contributed by atoms with Crippen molar-refractivity contribution in [3.8, 4) is 0 Å². The first-order chi connectivity index (χ1) is 10.5. The molecule has 0 aliphatic carbocycles. The second-order valence-electron chi connectivity index (χ2n) is 5.73. The summed E-state index contributed by atoms with van der Waals surface area (Å²) in [5.41, 5.74) is 5.91. The van der Waals surface area contributed by atoms with E-state index in [2.05, 4.69) is 15.2 Å². The van der Waals surface area contributed by atoms with Crippen molar-refractivity contribution < 1.29 is 9.59 Å². The molecule has 3 N–H and O–H groups in total. The molecule has 0 radical (unpaired) electrons. The lowest BCUT2D eigenvalue weighted by molar-refractivity contribution is -0.126. The molecule has 0 saturated carbocycles. The number of rotatable bonds is 5. The number of carbonyl (C=O) groups excluding carboxylic acids is 2. The Morgan fingerprint density at radius 3 is 2.50 bits per heavy atom. The summed E-state index contributed by atoms with van der Waals surface area (Å²) in [7, 11) is 0. The summed E-state index contributed by atoms with van der Waals surface area (Å²) in [5.74, 6) is -0.458. The Kier molecular flexibility index (Phi) is 5.90. The molecule has 0 bridgehead atoms. The van der Waals surface area contributed by atoms with Gasteiger partial charge in [0.05, 0.1) is 18.3 Å². The molecule has 1 saturated heterocycles. The summed E-state index contributed by atoms with van der Waals surface area (Å²) in [5, 5.41) is 3.62. The Morgan fingerprint density at radius 2 is 1.95 bits per heavy atom. The summed E-state index contributed by atoms with van der Waals surface area (Å²) in [6.07, 6.45) is 4.81. The van der Waals surface area contributed by atoms with E-state index in [0.717, 1.165) is 25.9 Å². The van der Waals surface area contributed by atoms with Crippen molar-refractivity contribution in [2.45, 2.75) is 52.1 Å². The molecule has 2 heterocycles. The maximum Gasteiger partial charge on any atom is 0.260 e. The van der Waals surface area contributed by atoms with Gasteiger partial charge in [0.15, 0.2) is 0 Å². The molecule has 1 aromatic rings. The molecule has 0 spiro atoms. The summed E-state index contributed by atoms with van der Waals surface area (Å²) in [6.45, 7) is 6.01. The van der Waals surface area contributed by atoms with E-state index in [9.17, 15) is 9.59 Å². The average Bonchev–Trinajstić information content (AvgIpc) is 2.70. The molecule has 1 aromatic heterocycles. The van der Waals surface area contributed by atoms with Gasteiger partial charge >= 0.3 is 0 Å². The first-order valence-electron chi connectivity index (χ1n) is 7.77. The van der Waals surface area contributed by atoms with Crippen molar-refractivity contribution >= 4 is 23.2 Å². The van der Waals surface area contributed by atoms with Gasteiger partial charge in [-0.05, 0) is 39.8 Å². The molecule has 1 aliphatic rings. The van der Waals surface area contributed by atoms with Crippen LogP contribution < -0.4 is 11.1 Å². The Morgan fingerprint density at radius 1 is 1.32 bits per heavy atom. The Bertz CT molecular complexity index is 536. The highest BCUT2D eigenvalue weighted by Crippen LogP contribution is 2.17. The highest BCUT2D eigenvalue weighted by atomic mass is 32.1. The molecule has 1 unspecified atom stereocenters. The zero-order valence-electron chi connectivity index (χ0n) is 13.2. The molecule has 2 rings (SSSR count). The van der Waals surface area contributed by atoms with Crippen LogP contribution >= 0.6 is 11.3 Å². The van der Waals surface area contributed by atoms with Crippen LogP contribution in [0.4, 0.5) is 0 Å². The molecule has 122 valence electrons. The number of primary amides is 1. The first kappa shape index (κ1) is 16.9. The molecule has 1 aliphatic heterocycles. The second kappa shape index (κ2) is 7.69. The first-order valence-corrected chi connectivity index (χ1v) is 8.58. The Labute approximate surface area is 135 Å². The van der Waals surface area contributed by atoms with E-state index in [1.54, 1.807) is 6.92 Å². The maximum atomic E-state index is 12.3. The third kappa shape index (κ3) is 4.27. The monoisotopic (exact) mass is 324 g/mol. The minimum Gasteiger partial charge on any atom is -0.365 e. The highest BCUT2D eigenvalue weighted by molar-refractivity contribution is 7.13. The average molecular weight is 324 g/mol. The number of aromatic nitrogens is 1. The number of carbonyl (C=O) groups is 2. The number of likely N-dealkylation sites (tertiary alicyclic amines) is 1. The van der Waals surface area contributed by atoms with Crippen LogP contribution in [0.25, 0.3) is 0 Å². The fraction of sp³-hybridized carbons (Fsp3) is 0.667. The summed E-state index contributed by atoms with van der Waals surface area (Å²) in [6, 6.07) is -0.130. The Hall–Kier alpha value is -1.47. The van der Waals surface area contributed by atoms with E-state index in [4.69, 9.17) is 5.73 Å². The van der Waals surface area contributed by atoms with Crippen LogP contribution in [0.5, 0.6) is 0 Å². The maximum absolute atomic E-state index is 12.3. The van der Waals surface area contributed by atoms with Gasteiger partial charge < -0.3 is 11.1 Å². The normalized spacial score (nSPS) is 17.7. The lowest BCUT2D eigenvalue weighted by atomic mass is 10.2. The Balaban J connectivity index is 1.88. The number of amides is 2. The van der Waals surface area contributed by atoms with Crippen LogP contribution in [0.1, 0.15) is 53.0 Å². The van der Waals surface area contributed by atoms with E-state index in [-0.39, 0.29) is 11.9 Å². The zero-order valence-corrected chi connectivity index (χ0v) is 14.0. The molecule has 7 heteroatoms. The van der Waals surface area contributed by atoms with Gasteiger partial charge in [0.1, 0.15) is 9.88 Å². The van der Waals surface area contributed by atoms with Gasteiger partial charge in [0.25, 0.3) is 5.91 Å². The summed E-state index contributed by atoms with van der Waals surface area (Å²) >= 11 is 1.25. The number of nitrogens with zero attached hydrogens (tertiary/aromatic N) is 2. The minimum atomic E-state index is -0.467. The van der Waals surface area contributed by atoms with Gasteiger partial charge in [0.2, 0.25) is 5.91 Å². The van der Waals surface area contributed by atoms with E-state index in [0.29, 0.717) is 22.1 Å². The van der Waals surface area contributed by atoms with Crippen molar-refractivity contribution in [3.63, 3.8) is 0 Å². The van der Waals surface area contributed by atoms with Crippen LogP contribution in [0.3, 0.4) is 0 Å². The molecule has 6 nitrogen and oxygen atoms in total. The standard InChI is InChI=1S/C15H24N4O2S/c1-10-13(14(16)20)22-12(18-10)9-17-15(21)11(2)19-7-5-3-4-6-8-19/h11H,3-9H2,1-2H3,(H2,16,20)(H,17,21). The molecule has 2 amide bonds. The van der Waals surface area contributed by atoms with Crippen molar-refractivity contribution in [3.05, 3.63) is 15.6 Å². The van der Waals surface area contributed by atoms with Gasteiger partial charge in [-0.15, -0.1) is 11.3 Å². The van der Waals surface area contributed by atoms with Crippen molar-refractivity contribution in [1.29, 1.82) is 0 Å². The van der Waals surface area contributed by atoms with E-state index < -0.39 is 5.91 Å². The molecule has 0 aromatic carbocycles. The predicted octanol–water partition coefficient (Wildman–Crippen LogP) is 1.43. The quantitative estimate of drug-likeness (QED) is 0.857. The smallest absolute Gasteiger partial charge is 0.260 e. The van der Waals surface area contributed by atoms with Crippen LogP contribution in [0.15, 0.2) is 0 Å². The van der Waals surface area contributed by atoms with Gasteiger partial charge in [-0.25, -0.2) is 4.98 Å². The number of aryl methyl sites for hydroxylation is 1. The largest absolute Gasteiger partial charge is 0.365 e. The molecule has 22 heavy (non-hydrogen) atoms. The lowest BCUT2D eigenvalue weighted by Gasteiger charge is -2.26. The summed E-state index contributed by atoms with van der Waals surface area (Å²) in [4.78, 5) is 30.5. The van der Waals surface area contributed by atoms with Gasteiger partial charge in [0, 0.05) is 0 Å². The molecule has 1 atom stereocenters. The summed E-state index contributed by atoms with van der Waals surface area (Å²) < 4.78 is 0. The van der Waals surface area contributed by atoms with Crippen molar-refractivity contribution in [1.82, 2.24) is 15.2 Å². The highest BCUT2D eigenvalue weighted by Gasteiger charge is 2.22. The van der Waals surface area contributed by atoms with Crippen molar-refractivity contribution in [2.75, 3.05) is 13.1 Å². The fourth-order valence-corrected chi connectivity index (χ4v) is 3.57. The number of hydrogen-bond acceptors (Lipinski definition) is 5. The predicted molar refractivity (Wildman–Crippen MR) is 86.7 cm³/mol. The van der Waals surface area contributed by atoms with E-state index >= 15 is 0 Å². The minimum absolute atomic E-state index is 0.00961. The van der Waals surface area contributed by atoms with Crippen LogP contribution in [0.2, 0.25) is 0 Å². The number of thiazole rings is 1. The van der Waals surface area contributed by atoms with Crippen molar-refractivity contribution in [2.24, 2.45) is 5.73 Å². The number of nitrogens with two attached hydrogens (primary N) is 1. The topological polar surface area (TPSA) is 88.3 Å². The lowest BCUT2D eigenvalue weighted by Crippen LogP contribution is -2.45. The van der Waals surface area contributed by atoms with Gasteiger partial charge in [-0.2, -0.15) is 0 Å². The number of hydrogen-bond donors (Lipinski definition) is 2. The second-order valence-corrected chi connectivity index (χ2v) is 6.81. The number of nitrogens with one attached hydrogen (secondary N) is 1. The van der Waals surface area contributed by atoms with Gasteiger partial charge in [-0.1, -0.05) is 12.8 Å². The third-order valence-electron chi connectivity index (χ3n) is 4.05. The van der Waals surface area contributed by atoms with E-state index in [1.165, 1.54) is 24.2 Å².